The number of likely N-dealkylation sites (N-methyl/N-ethyl adjacent to an activating group) is 1. The van der Waals surface area contributed by atoms with Gasteiger partial charge in [-0.05, 0) is 32.8 Å². The number of carbonyl (C=O) groups excluding carboxylic acids is 1. The van der Waals surface area contributed by atoms with E-state index in [1.54, 1.807) is 7.05 Å². The SMILES string of the molecule is CC=C1OC2(CCCOC2)CC2(N=C(N)N(C)C2=O)C1=CC. The molecule has 3 heterocycles. The molecule has 2 atom stereocenters. The zero-order valence-electron chi connectivity index (χ0n) is 13.4. The third-order valence-corrected chi connectivity index (χ3v) is 4.76. The Hall–Kier alpha value is -1.82. The molecule has 3 aliphatic rings. The first kappa shape index (κ1) is 15.1. The molecule has 22 heavy (non-hydrogen) atoms. The third-order valence-electron chi connectivity index (χ3n) is 4.76. The maximum Gasteiger partial charge on any atom is 0.261 e. The first-order valence-corrected chi connectivity index (χ1v) is 7.72. The summed E-state index contributed by atoms with van der Waals surface area (Å²) in [6, 6.07) is 0. The van der Waals surface area contributed by atoms with E-state index in [-0.39, 0.29) is 11.9 Å². The summed E-state index contributed by atoms with van der Waals surface area (Å²) >= 11 is 0. The standard InChI is InChI=1S/C16H23N3O3/c1-4-11-12(5-2)22-15(7-6-8-21-10-15)9-16(11)13(20)19(3)14(17)18-16/h4-5H,6-10H2,1-3H3,(H2,17,18). The molecule has 2 N–H and O–H groups in total. The summed E-state index contributed by atoms with van der Waals surface area (Å²) in [5, 5.41) is 0. The van der Waals surface area contributed by atoms with Gasteiger partial charge in [0.15, 0.2) is 11.5 Å². The molecule has 6 heteroatoms. The second-order valence-electron chi connectivity index (χ2n) is 6.17. The van der Waals surface area contributed by atoms with Crippen LogP contribution in [0.4, 0.5) is 0 Å². The van der Waals surface area contributed by atoms with Crippen LogP contribution in [0.2, 0.25) is 0 Å². The fourth-order valence-corrected chi connectivity index (χ4v) is 3.72. The van der Waals surface area contributed by atoms with Gasteiger partial charge in [-0.3, -0.25) is 9.69 Å². The van der Waals surface area contributed by atoms with Crippen LogP contribution in [-0.4, -0.2) is 48.2 Å². The number of aliphatic imine (C=N–C) groups is 1. The first-order chi connectivity index (χ1) is 10.5. The lowest BCUT2D eigenvalue weighted by molar-refractivity contribution is -0.145. The van der Waals surface area contributed by atoms with E-state index < -0.39 is 11.1 Å². The number of hydrogen-bond acceptors (Lipinski definition) is 5. The highest BCUT2D eigenvalue weighted by Crippen LogP contribution is 2.49. The van der Waals surface area contributed by atoms with Crippen molar-refractivity contribution in [1.29, 1.82) is 0 Å². The topological polar surface area (TPSA) is 77.2 Å². The number of allylic oxidation sites excluding steroid dienone is 2. The first-order valence-electron chi connectivity index (χ1n) is 7.72. The molecule has 2 spiro atoms. The Morgan fingerprint density at radius 2 is 2.14 bits per heavy atom. The van der Waals surface area contributed by atoms with Crippen molar-refractivity contribution in [2.75, 3.05) is 20.3 Å². The predicted molar refractivity (Wildman–Crippen MR) is 83.1 cm³/mol. The lowest BCUT2D eigenvalue weighted by atomic mass is 9.73. The molecule has 1 amide bonds. The summed E-state index contributed by atoms with van der Waals surface area (Å²) in [5.41, 5.74) is 5.25. The predicted octanol–water partition coefficient (Wildman–Crippen LogP) is 1.33. The number of hydrogen-bond donors (Lipinski definition) is 1. The molecule has 0 saturated carbocycles. The van der Waals surface area contributed by atoms with Crippen molar-refractivity contribution in [3.05, 3.63) is 23.5 Å². The maximum atomic E-state index is 12.9. The fourth-order valence-electron chi connectivity index (χ4n) is 3.72. The summed E-state index contributed by atoms with van der Waals surface area (Å²) in [6.07, 6.45) is 6.04. The molecule has 0 aliphatic carbocycles. The Bertz CT molecular complexity index is 587. The van der Waals surface area contributed by atoms with Gasteiger partial charge in [0.2, 0.25) is 0 Å². The van der Waals surface area contributed by atoms with Crippen LogP contribution in [0.3, 0.4) is 0 Å². The molecule has 3 aliphatic heterocycles. The van der Waals surface area contributed by atoms with Gasteiger partial charge in [0.1, 0.15) is 11.4 Å². The molecule has 2 unspecified atom stereocenters. The zero-order valence-corrected chi connectivity index (χ0v) is 13.4. The summed E-state index contributed by atoms with van der Waals surface area (Å²) in [4.78, 5) is 18.9. The minimum atomic E-state index is -0.978. The van der Waals surface area contributed by atoms with Gasteiger partial charge in [-0.1, -0.05) is 6.08 Å². The number of nitrogens with zero attached hydrogens (tertiary/aromatic N) is 2. The van der Waals surface area contributed by atoms with Crippen molar-refractivity contribution < 1.29 is 14.3 Å². The van der Waals surface area contributed by atoms with Crippen molar-refractivity contribution in [2.45, 2.75) is 44.2 Å². The molecule has 0 aromatic carbocycles. The molecular formula is C16H23N3O3. The van der Waals surface area contributed by atoms with E-state index in [1.165, 1.54) is 4.90 Å². The van der Waals surface area contributed by atoms with Crippen LogP contribution in [0.5, 0.6) is 0 Å². The Balaban J connectivity index is 2.12. The number of ether oxygens (including phenoxy) is 2. The van der Waals surface area contributed by atoms with Crippen molar-refractivity contribution >= 4 is 11.9 Å². The van der Waals surface area contributed by atoms with Gasteiger partial charge in [-0.25, -0.2) is 4.99 Å². The minimum absolute atomic E-state index is 0.0919. The van der Waals surface area contributed by atoms with Gasteiger partial charge in [-0.2, -0.15) is 0 Å². The van der Waals surface area contributed by atoms with E-state index in [4.69, 9.17) is 15.2 Å². The molecule has 0 aromatic heterocycles. The Labute approximate surface area is 130 Å². The van der Waals surface area contributed by atoms with Crippen LogP contribution in [0.1, 0.15) is 33.1 Å². The van der Waals surface area contributed by atoms with E-state index in [0.717, 1.165) is 25.0 Å². The number of nitrogens with two attached hydrogens (primary N) is 1. The highest BCUT2D eigenvalue weighted by atomic mass is 16.5. The molecule has 0 aromatic rings. The second-order valence-corrected chi connectivity index (χ2v) is 6.17. The molecule has 120 valence electrons. The van der Waals surface area contributed by atoms with Crippen LogP contribution in [0.15, 0.2) is 28.5 Å². The van der Waals surface area contributed by atoms with E-state index in [9.17, 15) is 4.79 Å². The van der Waals surface area contributed by atoms with Crippen molar-refractivity contribution in [3.63, 3.8) is 0 Å². The lowest BCUT2D eigenvalue weighted by Crippen LogP contribution is -2.56. The molecule has 2 saturated heterocycles. The lowest BCUT2D eigenvalue weighted by Gasteiger charge is -2.47. The quantitative estimate of drug-likeness (QED) is 0.732. The molecule has 2 fully saturated rings. The maximum absolute atomic E-state index is 12.9. The van der Waals surface area contributed by atoms with Crippen LogP contribution in [0.25, 0.3) is 0 Å². The Kier molecular flexibility index (Phi) is 3.51. The molecule has 0 bridgehead atoms. The number of rotatable bonds is 0. The van der Waals surface area contributed by atoms with Crippen LogP contribution < -0.4 is 5.73 Å². The van der Waals surface area contributed by atoms with E-state index in [1.807, 2.05) is 26.0 Å². The van der Waals surface area contributed by atoms with E-state index >= 15 is 0 Å². The Morgan fingerprint density at radius 1 is 1.36 bits per heavy atom. The third kappa shape index (κ3) is 1.97. The summed E-state index contributed by atoms with van der Waals surface area (Å²) < 4.78 is 11.9. The smallest absolute Gasteiger partial charge is 0.261 e. The zero-order chi connectivity index (χ0) is 16.0. The molecule has 6 nitrogen and oxygen atoms in total. The average Bonchev–Trinajstić information content (AvgIpc) is 2.72. The van der Waals surface area contributed by atoms with Gasteiger partial charge < -0.3 is 15.2 Å². The normalized spacial score (nSPS) is 39.0. The number of guanidine groups is 1. The fraction of sp³-hybridized carbons (Fsp3) is 0.625. The van der Waals surface area contributed by atoms with Gasteiger partial charge in [0, 0.05) is 25.6 Å². The van der Waals surface area contributed by atoms with Gasteiger partial charge in [-0.15, -0.1) is 0 Å². The Morgan fingerprint density at radius 3 is 2.64 bits per heavy atom. The van der Waals surface area contributed by atoms with Crippen molar-refractivity contribution in [1.82, 2.24) is 4.90 Å². The average molecular weight is 305 g/mol. The largest absolute Gasteiger partial charge is 0.485 e. The monoisotopic (exact) mass is 305 g/mol. The highest BCUT2D eigenvalue weighted by molar-refractivity contribution is 6.09. The van der Waals surface area contributed by atoms with Crippen molar-refractivity contribution in [3.8, 4) is 0 Å². The summed E-state index contributed by atoms with van der Waals surface area (Å²) in [7, 11) is 1.66. The van der Waals surface area contributed by atoms with E-state index in [2.05, 4.69) is 4.99 Å². The van der Waals surface area contributed by atoms with Crippen LogP contribution in [0, 0.1) is 0 Å². The summed E-state index contributed by atoms with van der Waals surface area (Å²) in [5.74, 6) is 0.874. The van der Waals surface area contributed by atoms with Crippen LogP contribution in [-0.2, 0) is 14.3 Å². The summed E-state index contributed by atoms with van der Waals surface area (Å²) in [6.45, 7) is 5.02. The highest BCUT2D eigenvalue weighted by Gasteiger charge is 2.59. The number of carbonyl (C=O) groups is 1. The van der Waals surface area contributed by atoms with Gasteiger partial charge in [0.05, 0.1) is 6.61 Å². The minimum Gasteiger partial charge on any atom is -0.485 e. The van der Waals surface area contributed by atoms with Crippen molar-refractivity contribution in [2.24, 2.45) is 10.7 Å². The van der Waals surface area contributed by atoms with Gasteiger partial charge in [0.25, 0.3) is 5.91 Å². The number of amides is 1. The van der Waals surface area contributed by atoms with Crippen LogP contribution >= 0.6 is 0 Å². The van der Waals surface area contributed by atoms with E-state index in [0.29, 0.717) is 18.8 Å². The molecular weight excluding hydrogens is 282 g/mol. The second kappa shape index (κ2) is 5.12. The van der Waals surface area contributed by atoms with Gasteiger partial charge >= 0.3 is 0 Å². The molecule has 3 rings (SSSR count). The molecule has 0 radical (unpaired) electrons.